The number of methoxy groups -OCH3 is 2. The molecular formula is C29H32N2O5. The van der Waals surface area contributed by atoms with Gasteiger partial charge < -0.3 is 20.1 Å². The molecule has 1 aliphatic carbocycles. The third kappa shape index (κ3) is 5.20. The molecule has 188 valence electrons. The summed E-state index contributed by atoms with van der Waals surface area (Å²) in [6, 6.07) is 14.1. The maximum absolute atomic E-state index is 13.3. The van der Waals surface area contributed by atoms with Crippen LogP contribution in [0.5, 0.6) is 11.5 Å². The van der Waals surface area contributed by atoms with Crippen LogP contribution in [0.2, 0.25) is 0 Å². The highest BCUT2D eigenvalue weighted by atomic mass is 16.5. The lowest BCUT2D eigenvalue weighted by Gasteiger charge is -2.23. The molecule has 36 heavy (non-hydrogen) atoms. The first-order valence-corrected chi connectivity index (χ1v) is 12.1. The van der Waals surface area contributed by atoms with Crippen LogP contribution in [0.15, 0.2) is 48.5 Å². The molecule has 2 amide bonds. The van der Waals surface area contributed by atoms with E-state index in [2.05, 4.69) is 10.6 Å². The molecule has 0 radical (unpaired) electrons. The van der Waals surface area contributed by atoms with Gasteiger partial charge in [0.05, 0.1) is 25.5 Å². The number of rotatable bonds is 8. The predicted octanol–water partition coefficient (Wildman–Crippen LogP) is 5.12. The van der Waals surface area contributed by atoms with E-state index in [9.17, 15) is 14.4 Å². The maximum Gasteiger partial charge on any atom is 0.296 e. The Hall–Kier alpha value is -3.87. The van der Waals surface area contributed by atoms with E-state index in [0.29, 0.717) is 29.2 Å². The first-order valence-electron chi connectivity index (χ1n) is 12.1. The monoisotopic (exact) mass is 488 g/mol. The van der Waals surface area contributed by atoms with E-state index in [4.69, 9.17) is 9.47 Å². The molecule has 0 atom stereocenters. The van der Waals surface area contributed by atoms with Crippen molar-refractivity contribution in [2.24, 2.45) is 5.92 Å². The van der Waals surface area contributed by atoms with Gasteiger partial charge in [0.2, 0.25) is 0 Å². The molecule has 1 saturated carbocycles. The molecule has 0 spiro atoms. The number of ether oxygens (including phenoxy) is 2. The van der Waals surface area contributed by atoms with Crippen LogP contribution in [0, 0.1) is 5.92 Å². The highest BCUT2D eigenvalue weighted by Crippen LogP contribution is 2.36. The van der Waals surface area contributed by atoms with Crippen molar-refractivity contribution in [3.8, 4) is 11.5 Å². The number of nitrogens with one attached hydrogen (secondary N) is 2. The van der Waals surface area contributed by atoms with Gasteiger partial charge in [-0.15, -0.1) is 0 Å². The minimum Gasteiger partial charge on any atom is -0.496 e. The fourth-order valence-electron chi connectivity index (χ4n) is 4.15. The second-order valence-electron chi connectivity index (χ2n) is 10.2. The largest absolute Gasteiger partial charge is 0.496 e. The van der Waals surface area contributed by atoms with E-state index >= 15 is 0 Å². The average molecular weight is 489 g/mol. The number of carbonyl (C=O) groups is 3. The summed E-state index contributed by atoms with van der Waals surface area (Å²) in [5.74, 6) is -0.438. The van der Waals surface area contributed by atoms with E-state index < -0.39 is 11.7 Å². The number of hydrogen-bond acceptors (Lipinski definition) is 5. The summed E-state index contributed by atoms with van der Waals surface area (Å²) in [6.45, 7) is 6.65. The standard InChI is InChI=1S/C29H32N2O5/c1-29(2,3)18-14-22(27(33)30-16-17-10-11-17)26(36-5)23(15-18)31-28(34)25(32)21-12-13-24(35-4)20-9-7-6-8-19(20)21/h6-9,12-15,17H,10-11,16H2,1-5H3,(H,30,33)(H,31,34). The van der Waals surface area contributed by atoms with Crippen molar-refractivity contribution in [3.63, 3.8) is 0 Å². The molecular weight excluding hydrogens is 456 g/mol. The third-order valence-electron chi connectivity index (χ3n) is 6.45. The lowest BCUT2D eigenvalue weighted by molar-refractivity contribution is -0.112. The summed E-state index contributed by atoms with van der Waals surface area (Å²) in [6.07, 6.45) is 2.23. The van der Waals surface area contributed by atoms with E-state index in [1.165, 1.54) is 7.11 Å². The lowest BCUT2D eigenvalue weighted by atomic mass is 9.85. The van der Waals surface area contributed by atoms with Crippen LogP contribution in [0.25, 0.3) is 10.8 Å². The molecule has 1 fully saturated rings. The van der Waals surface area contributed by atoms with Crippen LogP contribution in [-0.2, 0) is 10.2 Å². The van der Waals surface area contributed by atoms with Crippen LogP contribution >= 0.6 is 0 Å². The van der Waals surface area contributed by atoms with Gasteiger partial charge in [-0.25, -0.2) is 0 Å². The summed E-state index contributed by atoms with van der Waals surface area (Å²) in [5, 5.41) is 7.03. The second kappa shape index (κ2) is 10.0. The fourth-order valence-corrected chi connectivity index (χ4v) is 4.15. The van der Waals surface area contributed by atoms with Crippen LogP contribution in [-0.4, -0.2) is 38.4 Å². The molecule has 0 aliphatic heterocycles. The van der Waals surface area contributed by atoms with Crippen LogP contribution in [0.1, 0.15) is 59.9 Å². The van der Waals surface area contributed by atoms with Crippen molar-refractivity contribution in [1.29, 1.82) is 0 Å². The second-order valence-corrected chi connectivity index (χ2v) is 10.2. The molecule has 3 aromatic carbocycles. The molecule has 0 aromatic heterocycles. The summed E-state index contributed by atoms with van der Waals surface area (Å²) in [5.41, 5.74) is 1.38. The number of carbonyl (C=O) groups excluding carboxylic acids is 3. The van der Waals surface area contributed by atoms with E-state index in [0.717, 1.165) is 23.8 Å². The first kappa shape index (κ1) is 25.2. The quantitative estimate of drug-likeness (QED) is 0.339. The number of anilines is 1. The molecule has 0 unspecified atom stereocenters. The normalized spacial score (nSPS) is 13.2. The topological polar surface area (TPSA) is 93.7 Å². The zero-order chi connectivity index (χ0) is 26.0. The van der Waals surface area contributed by atoms with Crippen LogP contribution < -0.4 is 20.1 Å². The number of Topliss-reactive ketones (excluding diaryl/α,β-unsaturated/α-hetero) is 1. The van der Waals surface area contributed by atoms with Crippen molar-refractivity contribution < 1.29 is 23.9 Å². The van der Waals surface area contributed by atoms with Gasteiger partial charge in [0, 0.05) is 17.5 Å². The van der Waals surface area contributed by atoms with Gasteiger partial charge in [-0.2, -0.15) is 0 Å². The third-order valence-corrected chi connectivity index (χ3v) is 6.45. The van der Waals surface area contributed by atoms with Gasteiger partial charge in [0.1, 0.15) is 5.75 Å². The Balaban J connectivity index is 1.70. The number of hydrogen-bond donors (Lipinski definition) is 2. The Morgan fingerprint density at radius 1 is 0.917 bits per heavy atom. The molecule has 0 bridgehead atoms. The first-order chi connectivity index (χ1) is 17.1. The molecule has 2 N–H and O–H groups in total. The van der Waals surface area contributed by atoms with Gasteiger partial charge in [0.25, 0.3) is 17.6 Å². The number of ketones is 1. The van der Waals surface area contributed by atoms with Gasteiger partial charge in [-0.05, 0) is 59.4 Å². The lowest BCUT2D eigenvalue weighted by Crippen LogP contribution is -2.28. The average Bonchev–Trinajstić information content (AvgIpc) is 3.69. The van der Waals surface area contributed by atoms with Crippen LogP contribution in [0.3, 0.4) is 0 Å². The Morgan fingerprint density at radius 2 is 1.61 bits per heavy atom. The maximum atomic E-state index is 13.3. The summed E-state index contributed by atoms with van der Waals surface area (Å²) < 4.78 is 11.0. The number of amides is 2. The smallest absolute Gasteiger partial charge is 0.296 e. The van der Waals surface area contributed by atoms with Gasteiger partial charge >= 0.3 is 0 Å². The minimum atomic E-state index is -0.820. The van der Waals surface area contributed by atoms with Gasteiger partial charge in [-0.3, -0.25) is 14.4 Å². The van der Waals surface area contributed by atoms with Gasteiger partial charge in [0.15, 0.2) is 5.75 Å². The fraction of sp³-hybridized carbons (Fsp3) is 0.345. The van der Waals surface area contributed by atoms with E-state index in [-0.39, 0.29) is 28.3 Å². The zero-order valence-corrected chi connectivity index (χ0v) is 21.4. The Bertz CT molecular complexity index is 1340. The SMILES string of the molecule is COc1c(NC(=O)C(=O)c2ccc(OC)c3ccccc23)cc(C(C)(C)C)cc1C(=O)NCC1CC1. The minimum absolute atomic E-state index is 0.219. The van der Waals surface area contributed by atoms with Crippen molar-refractivity contribution >= 4 is 34.1 Å². The zero-order valence-electron chi connectivity index (χ0n) is 21.4. The number of benzene rings is 3. The molecule has 0 heterocycles. The van der Waals surface area contributed by atoms with Crippen LogP contribution in [0.4, 0.5) is 5.69 Å². The number of fused-ring (bicyclic) bond motifs is 1. The summed E-state index contributed by atoms with van der Waals surface area (Å²) >= 11 is 0. The molecule has 1 aliphatic rings. The summed E-state index contributed by atoms with van der Waals surface area (Å²) in [4.78, 5) is 39.5. The Morgan fingerprint density at radius 3 is 2.22 bits per heavy atom. The molecule has 7 nitrogen and oxygen atoms in total. The van der Waals surface area contributed by atoms with Crippen molar-refractivity contribution in [2.45, 2.75) is 39.0 Å². The highest BCUT2D eigenvalue weighted by Gasteiger charge is 2.28. The van der Waals surface area contributed by atoms with Gasteiger partial charge in [-0.1, -0.05) is 45.0 Å². The van der Waals surface area contributed by atoms with E-state index in [1.54, 1.807) is 43.5 Å². The summed E-state index contributed by atoms with van der Waals surface area (Å²) in [7, 11) is 3.00. The Labute approximate surface area is 211 Å². The molecule has 7 heteroatoms. The molecule has 0 saturated heterocycles. The predicted molar refractivity (Wildman–Crippen MR) is 140 cm³/mol. The van der Waals surface area contributed by atoms with E-state index in [1.807, 2.05) is 32.9 Å². The van der Waals surface area contributed by atoms with Crippen molar-refractivity contribution in [2.75, 3.05) is 26.1 Å². The highest BCUT2D eigenvalue weighted by molar-refractivity contribution is 6.48. The molecule has 3 aromatic rings. The van der Waals surface area contributed by atoms with Crippen molar-refractivity contribution in [3.05, 3.63) is 65.2 Å². The molecule has 4 rings (SSSR count). The Kier molecular flexibility index (Phi) is 7.02. The van der Waals surface area contributed by atoms with Crippen molar-refractivity contribution in [1.82, 2.24) is 5.32 Å².